The molecule has 0 saturated heterocycles. The lowest BCUT2D eigenvalue weighted by Gasteiger charge is -2.15. The maximum absolute atomic E-state index is 13.8. The lowest BCUT2D eigenvalue weighted by molar-refractivity contribution is -0.136. The molecule has 9 heteroatoms. The monoisotopic (exact) mass is 383 g/mol. The van der Waals surface area contributed by atoms with Gasteiger partial charge in [0.05, 0.1) is 22.5 Å². The van der Waals surface area contributed by atoms with Crippen LogP contribution in [0.4, 0.5) is 23.2 Å². The topological polar surface area (TPSA) is 46.9 Å². The first kappa shape index (κ1) is 17.9. The summed E-state index contributed by atoms with van der Waals surface area (Å²) >= 11 is 5.60. The summed E-state index contributed by atoms with van der Waals surface area (Å²) in [5.41, 5.74) is -1.82. The fraction of sp³-hybridized carbons (Fsp3) is 0.0588. The molecule has 0 saturated carbocycles. The minimum atomic E-state index is -4.73. The molecule has 0 unspecified atom stereocenters. The van der Waals surface area contributed by atoms with Gasteiger partial charge in [0, 0.05) is 17.4 Å². The average molecular weight is 384 g/mol. The van der Waals surface area contributed by atoms with Gasteiger partial charge in [-0.3, -0.25) is 4.79 Å². The number of amides is 1. The number of carbonyl (C=O) groups is 1. The van der Waals surface area contributed by atoms with Gasteiger partial charge in [0.25, 0.3) is 5.91 Å². The molecule has 4 nitrogen and oxygen atoms in total. The molecular formula is C17H10ClF4N3O. The smallest absolute Gasteiger partial charge is 0.321 e. The Morgan fingerprint density at radius 2 is 1.92 bits per heavy atom. The van der Waals surface area contributed by atoms with Gasteiger partial charge in [-0.15, -0.1) is 0 Å². The number of nitrogens with zero attached hydrogens (tertiary/aromatic N) is 2. The molecule has 0 aliphatic carbocycles. The highest BCUT2D eigenvalue weighted by molar-refractivity contribution is 6.30. The van der Waals surface area contributed by atoms with Crippen LogP contribution in [0.3, 0.4) is 0 Å². The van der Waals surface area contributed by atoms with Gasteiger partial charge in [0.2, 0.25) is 0 Å². The number of alkyl halides is 3. The summed E-state index contributed by atoms with van der Waals surface area (Å²) < 4.78 is 55.2. The maximum Gasteiger partial charge on any atom is 0.418 e. The van der Waals surface area contributed by atoms with E-state index in [9.17, 15) is 22.4 Å². The van der Waals surface area contributed by atoms with Gasteiger partial charge in [-0.05, 0) is 42.5 Å². The van der Waals surface area contributed by atoms with Crippen LogP contribution in [0.5, 0.6) is 0 Å². The van der Waals surface area contributed by atoms with Crippen molar-refractivity contribution in [2.24, 2.45) is 0 Å². The summed E-state index contributed by atoms with van der Waals surface area (Å²) in [5.74, 6) is -1.95. The molecule has 1 amide bonds. The molecule has 0 radical (unpaired) electrons. The number of nitrogens with one attached hydrogen (secondary N) is 1. The third kappa shape index (κ3) is 3.70. The minimum absolute atomic E-state index is 0.0682. The molecule has 2 aromatic carbocycles. The van der Waals surface area contributed by atoms with Crippen LogP contribution >= 0.6 is 11.6 Å². The van der Waals surface area contributed by atoms with Crippen molar-refractivity contribution in [3.63, 3.8) is 0 Å². The number of hydrogen-bond acceptors (Lipinski definition) is 2. The zero-order valence-electron chi connectivity index (χ0n) is 12.9. The highest BCUT2D eigenvalue weighted by Crippen LogP contribution is 2.36. The predicted octanol–water partition coefficient (Wildman–Crippen LogP) is 4.94. The molecule has 0 spiro atoms. The lowest BCUT2D eigenvalue weighted by atomic mass is 10.1. The van der Waals surface area contributed by atoms with Crippen molar-refractivity contribution >= 4 is 23.2 Å². The standard InChI is InChI=1S/C17H10ClF4N3O/c18-10-2-4-12(14(19)8-10)16(26)24-15-5-3-11(25-7-1-6-23-25)9-13(15)17(20,21)22/h1-9H,(H,24,26). The van der Waals surface area contributed by atoms with Crippen molar-refractivity contribution in [1.82, 2.24) is 9.78 Å². The summed E-state index contributed by atoms with van der Waals surface area (Å²) in [6.45, 7) is 0. The molecule has 3 aromatic rings. The Bertz CT molecular complexity index is 955. The summed E-state index contributed by atoms with van der Waals surface area (Å²) in [6.07, 6.45) is -1.83. The van der Waals surface area contributed by atoms with Gasteiger partial charge < -0.3 is 5.32 Å². The Balaban J connectivity index is 1.97. The van der Waals surface area contributed by atoms with Crippen molar-refractivity contribution in [3.8, 4) is 5.69 Å². The van der Waals surface area contributed by atoms with Crippen LogP contribution in [0, 0.1) is 5.82 Å². The largest absolute Gasteiger partial charge is 0.418 e. The van der Waals surface area contributed by atoms with Crippen LogP contribution in [0.1, 0.15) is 15.9 Å². The SMILES string of the molecule is O=C(Nc1ccc(-n2cccn2)cc1C(F)(F)F)c1ccc(Cl)cc1F. The molecule has 0 aliphatic heterocycles. The zero-order valence-corrected chi connectivity index (χ0v) is 13.6. The van der Waals surface area contributed by atoms with Crippen LogP contribution in [0.2, 0.25) is 5.02 Å². The van der Waals surface area contributed by atoms with Crippen LogP contribution in [0.25, 0.3) is 5.69 Å². The van der Waals surface area contributed by atoms with Crippen LogP contribution < -0.4 is 5.32 Å². The molecular weight excluding hydrogens is 374 g/mol. The summed E-state index contributed by atoms with van der Waals surface area (Å²) in [4.78, 5) is 12.2. The molecule has 1 N–H and O–H groups in total. The molecule has 134 valence electrons. The molecule has 0 fully saturated rings. The second-order valence-corrected chi connectivity index (χ2v) is 5.69. The Morgan fingerprint density at radius 3 is 2.54 bits per heavy atom. The van der Waals surface area contributed by atoms with Crippen LogP contribution in [-0.2, 0) is 6.18 Å². The fourth-order valence-electron chi connectivity index (χ4n) is 2.30. The zero-order chi connectivity index (χ0) is 18.9. The summed E-state index contributed by atoms with van der Waals surface area (Å²) in [5, 5.41) is 6.03. The van der Waals surface area contributed by atoms with E-state index >= 15 is 0 Å². The lowest BCUT2D eigenvalue weighted by Crippen LogP contribution is -2.18. The summed E-state index contributed by atoms with van der Waals surface area (Å²) in [7, 11) is 0. The van der Waals surface area contributed by atoms with E-state index in [1.54, 1.807) is 6.07 Å². The number of carbonyl (C=O) groups excluding carboxylic acids is 1. The third-order valence-corrected chi connectivity index (χ3v) is 3.74. The number of hydrogen-bond donors (Lipinski definition) is 1. The van der Waals surface area contributed by atoms with E-state index in [0.717, 1.165) is 24.3 Å². The van der Waals surface area contributed by atoms with E-state index in [1.165, 1.54) is 29.2 Å². The normalized spacial score (nSPS) is 11.4. The first-order chi connectivity index (χ1) is 12.3. The average Bonchev–Trinajstić information content (AvgIpc) is 3.08. The molecule has 26 heavy (non-hydrogen) atoms. The quantitative estimate of drug-likeness (QED) is 0.651. The summed E-state index contributed by atoms with van der Waals surface area (Å²) in [6, 6.07) is 8.13. The number of aromatic nitrogens is 2. The minimum Gasteiger partial charge on any atom is -0.321 e. The van der Waals surface area contributed by atoms with Gasteiger partial charge in [-0.2, -0.15) is 18.3 Å². The number of halogens is 5. The molecule has 0 aliphatic rings. The third-order valence-electron chi connectivity index (χ3n) is 3.50. The van der Waals surface area contributed by atoms with Crippen LogP contribution in [-0.4, -0.2) is 15.7 Å². The number of anilines is 1. The molecule has 0 bridgehead atoms. The fourth-order valence-corrected chi connectivity index (χ4v) is 2.46. The molecule has 0 atom stereocenters. The van der Waals surface area contributed by atoms with E-state index < -0.39 is 34.7 Å². The van der Waals surface area contributed by atoms with Crippen molar-refractivity contribution in [2.45, 2.75) is 6.18 Å². The first-order valence-corrected chi connectivity index (χ1v) is 7.61. The van der Waals surface area contributed by atoms with Crippen molar-refractivity contribution in [3.05, 3.63) is 76.8 Å². The van der Waals surface area contributed by atoms with Gasteiger partial charge >= 0.3 is 6.18 Å². The molecule has 1 aromatic heterocycles. The number of rotatable bonds is 3. The van der Waals surface area contributed by atoms with Crippen molar-refractivity contribution in [1.29, 1.82) is 0 Å². The Hall–Kier alpha value is -2.87. The predicted molar refractivity (Wildman–Crippen MR) is 87.9 cm³/mol. The second-order valence-electron chi connectivity index (χ2n) is 5.26. The van der Waals surface area contributed by atoms with Gasteiger partial charge in [0.15, 0.2) is 0 Å². The van der Waals surface area contributed by atoms with Crippen LogP contribution in [0.15, 0.2) is 54.9 Å². The van der Waals surface area contributed by atoms with E-state index in [2.05, 4.69) is 10.4 Å². The Morgan fingerprint density at radius 1 is 1.15 bits per heavy atom. The Labute approximate surface area is 150 Å². The van der Waals surface area contributed by atoms with Crippen molar-refractivity contribution < 1.29 is 22.4 Å². The van der Waals surface area contributed by atoms with E-state index in [4.69, 9.17) is 11.6 Å². The Kier molecular flexibility index (Phi) is 4.69. The van der Waals surface area contributed by atoms with Gasteiger partial charge in [-0.1, -0.05) is 11.6 Å². The van der Waals surface area contributed by atoms with E-state index in [-0.39, 0.29) is 10.7 Å². The molecule has 3 rings (SSSR count). The van der Waals surface area contributed by atoms with E-state index in [0.29, 0.717) is 0 Å². The highest BCUT2D eigenvalue weighted by atomic mass is 35.5. The number of benzene rings is 2. The second kappa shape index (κ2) is 6.80. The highest BCUT2D eigenvalue weighted by Gasteiger charge is 2.34. The van der Waals surface area contributed by atoms with Crippen molar-refractivity contribution in [2.75, 3.05) is 5.32 Å². The molecule has 1 heterocycles. The maximum atomic E-state index is 13.8. The van der Waals surface area contributed by atoms with Gasteiger partial charge in [0.1, 0.15) is 5.82 Å². The first-order valence-electron chi connectivity index (χ1n) is 7.23. The van der Waals surface area contributed by atoms with Gasteiger partial charge in [-0.25, -0.2) is 9.07 Å². The van der Waals surface area contributed by atoms with E-state index in [1.807, 2.05) is 0 Å².